The van der Waals surface area contributed by atoms with Crippen LogP contribution in [0.25, 0.3) is 5.82 Å². The first-order chi connectivity index (χ1) is 10.8. The van der Waals surface area contributed by atoms with Crippen LogP contribution in [-0.4, -0.2) is 38.7 Å². The summed E-state index contributed by atoms with van der Waals surface area (Å²) in [5.74, 6) is 2.19. The van der Waals surface area contributed by atoms with Crippen LogP contribution in [0.3, 0.4) is 0 Å². The van der Waals surface area contributed by atoms with Gasteiger partial charge in [0, 0.05) is 24.8 Å². The standard InChI is InChI=1S/C16H21N5O/c1-11-7-9-21(20-11)16-6-5-15(18-19-16)17-13-3-2-4-14-12(13)8-10-22-14/h5-7,9,12-14H,2-4,8,10H2,1H3,(H,17,18). The van der Waals surface area contributed by atoms with Crippen molar-refractivity contribution < 1.29 is 4.74 Å². The third-order valence-electron chi connectivity index (χ3n) is 4.72. The lowest BCUT2D eigenvalue weighted by atomic mass is 9.82. The van der Waals surface area contributed by atoms with Crippen molar-refractivity contribution in [1.82, 2.24) is 20.0 Å². The molecule has 3 heterocycles. The lowest BCUT2D eigenvalue weighted by molar-refractivity contribution is 0.0619. The number of aryl methyl sites for hydroxylation is 1. The average molecular weight is 299 g/mol. The van der Waals surface area contributed by atoms with E-state index in [0.717, 1.165) is 30.4 Å². The highest BCUT2D eigenvalue weighted by atomic mass is 16.5. The highest BCUT2D eigenvalue weighted by Crippen LogP contribution is 2.35. The third-order valence-corrected chi connectivity index (χ3v) is 4.72. The molecule has 0 amide bonds. The maximum absolute atomic E-state index is 5.82. The Morgan fingerprint density at radius 3 is 2.91 bits per heavy atom. The van der Waals surface area contributed by atoms with E-state index in [4.69, 9.17) is 4.74 Å². The molecule has 0 bridgehead atoms. The predicted octanol–water partition coefficient (Wildman–Crippen LogP) is 2.34. The van der Waals surface area contributed by atoms with E-state index in [9.17, 15) is 0 Å². The van der Waals surface area contributed by atoms with Gasteiger partial charge in [0.15, 0.2) is 5.82 Å². The summed E-state index contributed by atoms with van der Waals surface area (Å²) in [6.45, 7) is 2.86. The van der Waals surface area contributed by atoms with Crippen LogP contribution in [0, 0.1) is 12.8 Å². The second-order valence-electron chi connectivity index (χ2n) is 6.22. The lowest BCUT2D eigenvalue weighted by Gasteiger charge is -2.33. The molecule has 1 saturated carbocycles. The number of aromatic nitrogens is 4. The first-order valence-electron chi connectivity index (χ1n) is 8.04. The summed E-state index contributed by atoms with van der Waals surface area (Å²) >= 11 is 0. The molecule has 0 aromatic carbocycles. The fraction of sp³-hybridized carbons (Fsp3) is 0.562. The molecule has 116 valence electrons. The van der Waals surface area contributed by atoms with Gasteiger partial charge in [-0.3, -0.25) is 0 Å². The first-order valence-corrected chi connectivity index (χ1v) is 8.04. The molecule has 2 fully saturated rings. The van der Waals surface area contributed by atoms with E-state index in [0.29, 0.717) is 18.1 Å². The highest BCUT2D eigenvalue weighted by Gasteiger charge is 2.37. The molecule has 0 radical (unpaired) electrons. The molecular formula is C16H21N5O. The summed E-state index contributed by atoms with van der Waals surface area (Å²) in [6, 6.07) is 6.34. The minimum Gasteiger partial charge on any atom is -0.378 e. The van der Waals surface area contributed by atoms with E-state index in [2.05, 4.69) is 20.6 Å². The second kappa shape index (κ2) is 5.68. The quantitative estimate of drug-likeness (QED) is 0.942. The van der Waals surface area contributed by atoms with Crippen LogP contribution >= 0.6 is 0 Å². The summed E-state index contributed by atoms with van der Waals surface area (Å²) in [4.78, 5) is 0. The van der Waals surface area contributed by atoms with E-state index in [-0.39, 0.29) is 0 Å². The maximum atomic E-state index is 5.82. The Morgan fingerprint density at radius 1 is 1.18 bits per heavy atom. The molecule has 2 aromatic rings. The fourth-order valence-corrected chi connectivity index (χ4v) is 3.61. The third kappa shape index (κ3) is 2.59. The zero-order valence-corrected chi connectivity index (χ0v) is 12.8. The van der Waals surface area contributed by atoms with E-state index in [1.807, 2.05) is 31.3 Å². The summed E-state index contributed by atoms with van der Waals surface area (Å²) in [6.07, 6.45) is 7.09. The second-order valence-corrected chi connectivity index (χ2v) is 6.22. The van der Waals surface area contributed by atoms with Gasteiger partial charge in [-0.1, -0.05) is 0 Å². The van der Waals surface area contributed by atoms with Gasteiger partial charge in [-0.15, -0.1) is 10.2 Å². The number of nitrogens with one attached hydrogen (secondary N) is 1. The van der Waals surface area contributed by atoms with Crippen LogP contribution < -0.4 is 5.32 Å². The molecule has 6 nitrogen and oxygen atoms in total. The Hall–Kier alpha value is -1.95. The number of rotatable bonds is 3. The zero-order valence-electron chi connectivity index (χ0n) is 12.8. The van der Waals surface area contributed by atoms with Gasteiger partial charge in [-0.2, -0.15) is 5.10 Å². The van der Waals surface area contributed by atoms with E-state index in [1.54, 1.807) is 4.68 Å². The molecule has 1 aliphatic carbocycles. The first kappa shape index (κ1) is 13.7. The topological polar surface area (TPSA) is 64.9 Å². The van der Waals surface area contributed by atoms with Gasteiger partial charge in [-0.25, -0.2) is 4.68 Å². The average Bonchev–Trinajstić information content (AvgIpc) is 3.17. The van der Waals surface area contributed by atoms with Crippen LogP contribution in [0.4, 0.5) is 5.82 Å². The van der Waals surface area contributed by atoms with Gasteiger partial charge >= 0.3 is 0 Å². The Bertz CT molecular complexity index is 638. The molecule has 6 heteroatoms. The van der Waals surface area contributed by atoms with Crippen molar-refractivity contribution >= 4 is 5.82 Å². The molecule has 22 heavy (non-hydrogen) atoms. The largest absolute Gasteiger partial charge is 0.378 e. The molecule has 4 rings (SSSR count). The van der Waals surface area contributed by atoms with E-state index >= 15 is 0 Å². The van der Waals surface area contributed by atoms with Crippen LogP contribution in [-0.2, 0) is 4.74 Å². The van der Waals surface area contributed by atoms with E-state index in [1.165, 1.54) is 19.3 Å². The Labute approximate surface area is 129 Å². The molecule has 0 spiro atoms. The fourth-order valence-electron chi connectivity index (χ4n) is 3.61. The Balaban J connectivity index is 1.47. The maximum Gasteiger partial charge on any atom is 0.175 e. The Morgan fingerprint density at radius 2 is 2.14 bits per heavy atom. The Kier molecular flexibility index (Phi) is 3.54. The number of hydrogen-bond acceptors (Lipinski definition) is 5. The molecule has 2 aromatic heterocycles. The van der Waals surface area contributed by atoms with Crippen molar-refractivity contribution in [1.29, 1.82) is 0 Å². The molecule has 1 N–H and O–H groups in total. The van der Waals surface area contributed by atoms with Gasteiger partial charge in [0.25, 0.3) is 0 Å². The summed E-state index contributed by atoms with van der Waals surface area (Å²) in [5, 5.41) is 16.5. The molecule has 2 aliphatic rings. The van der Waals surface area contributed by atoms with Gasteiger partial charge in [0.1, 0.15) is 5.82 Å². The van der Waals surface area contributed by atoms with Crippen molar-refractivity contribution in [3.05, 3.63) is 30.1 Å². The van der Waals surface area contributed by atoms with E-state index < -0.39 is 0 Å². The lowest BCUT2D eigenvalue weighted by Crippen LogP contribution is -2.38. The normalized spacial score (nSPS) is 27.6. The molecule has 3 atom stereocenters. The van der Waals surface area contributed by atoms with Crippen molar-refractivity contribution in [3.8, 4) is 5.82 Å². The van der Waals surface area contributed by atoms with Gasteiger partial charge in [0.05, 0.1) is 11.8 Å². The smallest absolute Gasteiger partial charge is 0.175 e. The number of anilines is 1. The van der Waals surface area contributed by atoms with Gasteiger partial charge in [0.2, 0.25) is 0 Å². The van der Waals surface area contributed by atoms with Crippen LogP contribution in [0.5, 0.6) is 0 Å². The number of nitrogens with zero attached hydrogens (tertiary/aromatic N) is 4. The monoisotopic (exact) mass is 299 g/mol. The van der Waals surface area contributed by atoms with Crippen molar-refractivity contribution in [2.24, 2.45) is 5.92 Å². The molecule has 3 unspecified atom stereocenters. The molecular weight excluding hydrogens is 278 g/mol. The van der Waals surface area contributed by atoms with Crippen LogP contribution in [0.1, 0.15) is 31.4 Å². The number of ether oxygens (including phenoxy) is 1. The highest BCUT2D eigenvalue weighted by molar-refractivity contribution is 5.37. The van der Waals surface area contributed by atoms with Crippen molar-refractivity contribution in [2.75, 3.05) is 11.9 Å². The minimum absolute atomic E-state index is 0.436. The minimum atomic E-state index is 0.436. The van der Waals surface area contributed by atoms with Gasteiger partial charge in [-0.05, 0) is 50.8 Å². The predicted molar refractivity (Wildman–Crippen MR) is 83.0 cm³/mol. The SMILES string of the molecule is Cc1ccn(-c2ccc(NC3CCCC4OCCC34)nn2)n1. The van der Waals surface area contributed by atoms with Crippen molar-refractivity contribution in [2.45, 2.75) is 44.8 Å². The summed E-state index contributed by atoms with van der Waals surface area (Å²) < 4.78 is 7.56. The van der Waals surface area contributed by atoms with Crippen molar-refractivity contribution in [3.63, 3.8) is 0 Å². The molecule has 1 saturated heterocycles. The molecule has 1 aliphatic heterocycles. The summed E-state index contributed by atoms with van der Waals surface area (Å²) in [5.41, 5.74) is 0.971. The number of fused-ring (bicyclic) bond motifs is 1. The van der Waals surface area contributed by atoms with Crippen LogP contribution in [0.2, 0.25) is 0 Å². The van der Waals surface area contributed by atoms with Gasteiger partial charge < -0.3 is 10.1 Å². The zero-order chi connectivity index (χ0) is 14.9. The summed E-state index contributed by atoms with van der Waals surface area (Å²) in [7, 11) is 0. The number of hydrogen-bond donors (Lipinski definition) is 1. The van der Waals surface area contributed by atoms with Crippen LogP contribution in [0.15, 0.2) is 24.4 Å².